The van der Waals surface area contributed by atoms with E-state index in [0.29, 0.717) is 0 Å². The van der Waals surface area contributed by atoms with Crippen molar-refractivity contribution in [3.63, 3.8) is 0 Å². The molecule has 0 spiro atoms. The average Bonchev–Trinajstić information content (AvgIpc) is 3.75. The SMILES string of the molecule is CC1CCC(c2cc3c(-c4ccc(C(C)(C)C)cc4)cccc3[cH-]2)CC1.C[Si](C)=[Zr+2].Cc1cc2c(-c3ccc(C4CCCCC4)cc3)cccc2[cH-]1.[Cl-].[Cl-]. The van der Waals surface area contributed by atoms with Crippen molar-refractivity contribution in [1.82, 2.24) is 0 Å². The summed E-state index contributed by atoms with van der Waals surface area (Å²) in [5.74, 6) is 2.46. The van der Waals surface area contributed by atoms with E-state index in [9.17, 15) is 0 Å². The van der Waals surface area contributed by atoms with Crippen LogP contribution in [0.15, 0.2) is 109 Å². The molecule has 0 amide bonds. The van der Waals surface area contributed by atoms with Crippen LogP contribution in [0, 0.1) is 12.8 Å². The fourth-order valence-corrected chi connectivity index (χ4v) is 8.50. The van der Waals surface area contributed by atoms with Crippen LogP contribution in [-0.4, -0.2) is 5.43 Å². The second-order valence-electron chi connectivity index (χ2n) is 17.2. The van der Waals surface area contributed by atoms with Gasteiger partial charge in [-0.05, 0) is 71.1 Å². The monoisotopic (exact) mass is 848 g/mol. The summed E-state index contributed by atoms with van der Waals surface area (Å²) in [6.45, 7) is 16.0. The van der Waals surface area contributed by atoms with Gasteiger partial charge in [0.1, 0.15) is 0 Å². The molecule has 0 saturated heterocycles. The Morgan fingerprint density at radius 1 is 0.611 bits per heavy atom. The molecule has 2 aliphatic rings. The summed E-state index contributed by atoms with van der Waals surface area (Å²) in [6, 6.07) is 41.4. The Bertz CT molecular complexity index is 2060. The van der Waals surface area contributed by atoms with Crippen LogP contribution in [0.5, 0.6) is 0 Å². The van der Waals surface area contributed by atoms with Crippen molar-refractivity contribution < 1.29 is 48.1 Å². The van der Waals surface area contributed by atoms with Crippen molar-refractivity contribution in [2.45, 2.75) is 123 Å². The number of aryl methyl sites for hydroxylation is 1. The molecule has 0 atom stereocenters. The molecular formula is C50H60Cl2SiZr-2. The Hall–Kier alpha value is -2.22. The summed E-state index contributed by atoms with van der Waals surface area (Å²) in [7, 11) is 0. The van der Waals surface area contributed by atoms with Gasteiger partial charge >= 0.3 is 41.9 Å². The maximum atomic E-state index is 2.48. The van der Waals surface area contributed by atoms with Crippen molar-refractivity contribution in [1.29, 1.82) is 0 Å². The molecule has 2 saturated carbocycles. The van der Waals surface area contributed by atoms with Crippen molar-refractivity contribution in [2.24, 2.45) is 5.92 Å². The minimum Gasteiger partial charge on any atom is -1.00 e. The van der Waals surface area contributed by atoms with Crippen molar-refractivity contribution in [3.8, 4) is 22.3 Å². The predicted molar refractivity (Wildman–Crippen MR) is 227 cm³/mol. The van der Waals surface area contributed by atoms with Gasteiger partial charge in [-0.1, -0.05) is 139 Å². The number of hydrogen-bond acceptors (Lipinski definition) is 0. The maximum absolute atomic E-state index is 2.48. The van der Waals surface area contributed by atoms with Gasteiger partial charge in [0.05, 0.1) is 0 Å². The van der Waals surface area contributed by atoms with E-state index in [-0.39, 0.29) is 35.7 Å². The summed E-state index contributed by atoms with van der Waals surface area (Å²) < 4.78 is 0. The van der Waals surface area contributed by atoms with Gasteiger partial charge in [-0.15, -0.1) is 69.1 Å². The molecule has 2 aliphatic carbocycles. The van der Waals surface area contributed by atoms with Gasteiger partial charge < -0.3 is 24.8 Å². The first kappa shape index (κ1) is 44.5. The maximum Gasteiger partial charge on any atom is -0.0162 e. The van der Waals surface area contributed by atoms with E-state index in [4.69, 9.17) is 0 Å². The molecule has 4 heteroatoms. The molecule has 0 nitrogen and oxygen atoms in total. The molecule has 0 N–H and O–H groups in total. The number of rotatable bonds is 4. The molecule has 54 heavy (non-hydrogen) atoms. The largest absolute Gasteiger partial charge is 1.00 e. The van der Waals surface area contributed by atoms with Crippen LogP contribution in [0.4, 0.5) is 0 Å². The summed E-state index contributed by atoms with van der Waals surface area (Å²) >= 11 is 1.74. The minimum absolute atomic E-state index is 0. The quantitative estimate of drug-likeness (QED) is 0.123. The summed E-state index contributed by atoms with van der Waals surface area (Å²) in [5.41, 5.74) is 11.7. The third-order valence-corrected chi connectivity index (χ3v) is 11.5. The fraction of sp³-hybridized carbons (Fsp3) is 0.400. The number of fused-ring (bicyclic) bond motifs is 2. The van der Waals surface area contributed by atoms with Crippen LogP contribution in [0.3, 0.4) is 0 Å². The van der Waals surface area contributed by atoms with Crippen LogP contribution < -0.4 is 24.8 Å². The van der Waals surface area contributed by atoms with E-state index in [1.165, 1.54) is 118 Å². The first-order chi connectivity index (χ1) is 25.0. The molecule has 6 aromatic rings. The van der Waals surface area contributed by atoms with E-state index < -0.39 is 0 Å². The summed E-state index contributed by atoms with van der Waals surface area (Å²) in [5, 5.41) is 5.55. The van der Waals surface area contributed by atoms with Crippen LogP contribution in [0.1, 0.15) is 120 Å². The van der Waals surface area contributed by atoms with E-state index in [1.54, 1.807) is 28.9 Å². The van der Waals surface area contributed by atoms with Crippen molar-refractivity contribution in [2.75, 3.05) is 0 Å². The molecule has 0 aromatic heterocycles. The summed E-state index contributed by atoms with van der Waals surface area (Å²) in [6.07, 6.45) is 12.4. The van der Waals surface area contributed by atoms with E-state index >= 15 is 0 Å². The van der Waals surface area contributed by atoms with Gasteiger partial charge in [-0.25, -0.2) is 0 Å². The van der Waals surface area contributed by atoms with Gasteiger partial charge in [0.2, 0.25) is 0 Å². The summed E-state index contributed by atoms with van der Waals surface area (Å²) in [4.78, 5) is 0. The van der Waals surface area contributed by atoms with Crippen LogP contribution in [0.25, 0.3) is 43.8 Å². The second-order valence-corrected chi connectivity index (χ2v) is 26.6. The normalized spacial score (nSPS) is 17.4. The Kier molecular flexibility index (Phi) is 16.7. The molecule has 8 rings (SSSR count). The topological polar surface area (TPSA) is 0 Å². The minimum atomic E-state index is 0. The molecule has 0 radical (unpaired) electrons. The Labute approximate surface area is 354 Å². The Morgan fingerprint density at radius 3 is 1.65 bits per heavy atom. The van der Waals surface area contributed by atoms with Gasteiger partial charge in [0, 0.05) is 0 Å². The van der Waals surface area contributed by atoms with Gasteiger partial charge in [-0.3, -0.25) is 0 Å². The third-order valence-electron chi connectivity index (χ3n) is 11.5. The zero-order valence-electron chi connectivity index (χ0n) is 33.7. The van der Waals surface area contributed by atoms with Crippen LogP contribution in [-0.2, 0) is 28.8 Å². The average molecular weight is 851 g/mol. The number of benzene rings is 4. The molecule has 0 aliphatic heterocycles. The molecule has 0 bridgehead atoms. The van der Waals surface area contributed by atoms with E-state index in [0.717, 1.165) is 17.8 Å². The zero-order valence-corrected chi connectivity index (χ0v) is 38.7. The number of hydrogen-bond donors (Lipinski definition) is 0. The zero-order chi connectivity index (χ0) is 36.8. The van der Waals surface area contributed by atoms with Crippen molar-refractivity contribution >= 4 is 27.0 Å². The van der Waals surface area contributed by atoms with Crippen LogP contribution in [0.2, 0.25) is 13.1 Å². The molecule has 0 unspecified atom stereocenters. The Balaban J connectivity index is 0.000000214. The second kappa shape index (κ2) is 20.3. The van der Waals surface area contributed by atoms with E-state index in [1.807, 2.05) is 0 Å². The Morgan fingerprint density at radius 2 is 1.11 bits per heavy atom. The standard InChI is InChI=1S/C26H31.C22H23.C2H6Si.2ClH.Zr/c1-18-8-10-19(11-9-18)22-16-21-6-5-7-24(25(21)17-22)20-12-14-23(15-13-20)26(2,3)4;1-16-14-20-8-5-9-21(22(20)15-16)19-12-10-18(11-13-19)17-6-3-2-4-7-17;1-3-2;;;/h5-7,12-19H,8-11H2,1-4H3;5,8-15,17H,2-4,6-7H2,1H3;1-2H3;2*1H;/q2*-1;;;;+2/p-2. The van der Waals surface area contributed by atoms with Crippen LogP contribution >= 0.6 is 0 Å². The van der Waals surface area contributed by atoms with Gasteiger partial charge in [-0.2, -0.15) is 12.1 Å². The molecule has 284 valence electrons. The van der Waals surface area contributed by atoms with Gasteiger partial charge in [0.15, 0.2) is 0 Å². The smallest absolute Gasteiger partial charge is 0.0162 e. The van der Waals surface area contributed by atoms with E-state index in [2.05, 4.69) is 157 Å². The molecule has 2 fully saturated rings. The molecule has 6 aromatic carbocycles. The predicted octanol–water partition coefficient (Wildman–Crippen LogP) is 9.19. The third kappa shape index (κ3) is 11.4. The first-order valence-electron chi connectivity index (χ1n) is 20.0. The molecular weight excluding hydrogens is 791 g/mol. The fourth-order valence-electron chi connectivity index (χ4n) is 8.50. The first-order valence-corrected chi connectivity index (χ1v) is 26.2. The molecule has 0 heterocycles. The van der Waals surface area contributed by atoms with Gasteiger partial charge in [0.25, 0.3) is 0 Å². The van der Waals surface area contributed by atoms with Crippen molar-refractivity contribution in [3.05, 3.63) is 131 Å². The number of halogens is 2.